The zero-order chi connectivity index (χ0) is 46.1. The summed E-state index contributed by atoms with van der Waals surface area (Å²) in [5.41, 5.74) is 0. The highest BCUT2D eigenvalue weighted by Gasteiger charge is 2.51. The van der Waals surface area contributed by atoms with Crippen LogP contribution in [-0.2, 0) is 23.7 Å². The number of hydrogen-bond donors (Lipinski definition) is 9. The van der Waals surface area contributed by atoms with Crippen LogP contribution in [0.25, 0.3) is 0 Å². The van der Waals surface area contributed by atoms with Crippen molar-refractivity contribution in [2.75, 3.05) is 19.8 Å². The molecule has 2 saturated heterocycles. The van der Waals surface area contributed by atoms with Gasteiger partial charge < -0.3 is 65.1 Å². The van der Waals surface area contributed by atoms with Crippen molar-refractivity contribution in [2.45, 2.75) is 261 Å². The van der Waals surface area contributed by atoms with Gasteiger partial charge in [0.15, 0.2) is 12.6 Å². The molecule has 0 aromatic carbocycles. The number of nitrogens with one attached hydrogen (secondary N) is 1. The van der Waals surface area contributed by atoms with Gasteiger partial charge in [0, 0.05) is 6.42 Å². The lowest BCUT2D eigenvalue weighted by Crippen LogP contribution is -2.65. The molecular weight excluding hydrogens is 811 g/mol. The lowest BCUT2D eigenvalue weighted by molar-refractivity contribution is -0.359. The summed E-state index contributed by atoms with van der Waals surface area (Å²) in [5, 5.41) is 86.6. The first-order chi connectivity index (χ1) is 30.6. The molecule has 12 atom stereocenters. The van der Waals surface area contributed by atoms with Crippen molar-refractivity contribution in [3.8, 4) is 0 Å². The van der Waals surface area contributed by atoms with Gasteiger partial charge in [-0.1, -0.05) is 160 Å². The number of rotatable bonds is 38. The molecule has 0 aromatic heterocycles. The molecule has 9 N–H and O–H groups in total. The van der Waals surface area contributed by atoms with Crippen LogP contribution in [0.4, 0.5) is 0 Å². The topological polar surface area (TPSA) is 228 Å². The Kier molecular flexibility index (Phi) is 33.4. The lowest BCUT2D eigenvalue weighted by atomic mass is 9.97. The predicted octanol–water partition coefficient (Wildman–Crippen LogP) is 6.16. The second-order valence-corrected chi connectivity index (χ2v) is 17.9. The molecule has 14 nitrogen and oxygen atoms in total. The molecule has 0 bridgehead atoms. The van der Waals surface area contributed by atoms with Crippen LogP contribution in [0.15, 0.2) is 24.3 Å². The highest BCUT2D eigenvalue weighted by molar-refractivity contribution is 5.76. The van der Waals surface area contributed by atoms with Gasteiger partial charge in [0.05, 0.1) is 32.0 Å². The molecule has 63 heavy (non-hydrogen) atoms. The highest BCUT2D eigenvalue weighted by atomic mass is 16.7. The zero-order valence-electron chi connectivity index (χ0n) is 39.1. The third-order valence-corrected chi connectivity index (χ3v) is 12.4. The maximum absolute atomic E-state index is 13.1. The second-order valence-electron chi connectivity index (χ2n) is 17.9. The summed E-state index contributed by atoms with van der Waals surface area (Å²) in [5.74, 6) is -0.249. The van der Waals surface area contributed by atoms with Gasteiger partial charge in [0.1, 0.15) is 48.8 Å². The molecule has 1 amide bonds. The Morgan fingerprint density at radius 2 is 1.00 bits per heavy atom. The minimum atomic E-state index is -1.79. The van der Waals surface area contributed by atoms with E-state index < -0.39 is 86.8 Å². The predicted molar refractivity (Wildman–Crippen MR) is 245 cm³/mol. The van der Waals surface area contributed by atoms with Crippen LogP contribution >= 0.6 is 0 Å². The number of unbranched alkanes of at least 4 members (excludes halogenated alkanes) is 23. The molecule has 370 valence electrons. The summed E-state index contributed by atoms with van der Waals surface area (Å²) in [6.07, 6.45) is 22.1. The first-order valence-corrected chi connectivity index (χ1v) is 25.1. The van der Waals surface area contributed by atoms with E-state index in [1.165, 1.54) is 103 Å². The normalized spacial score (nSPS) is 27.7. The summed E-state index contributed by atoms with van der Waals surface area (Å²) in [7, 11) is 0. The van der Waals surface area contributed by atoms with Gasteiger partial charge >= 0.3 is 0 Å². The Bertz CT molecular complexity index is 1160. The van der Waals surface area contributed by atoms with Crippen LogP contribution in [-0.4, -0.2) is 140 Å². The average Bonchev–Trinajstić information content (AvgIpc) is 3.28. The van der Waals surface area contributed by atoms with Crippen molar-refractivity contribution in [1.82, 2.24) is 5.32 Å². The van der Waals surface area contributed by atoms with E-state index in [0.29, 0.717) is 6.42 Å². The maximum atomic E-state index is 13.1. The van der Waals surface area contributed by atoms with E-state index in [-0.39, 0.29) is 18.9 Å². The Balaban J connectivity index is 1.86. The number of carbonyl (C=O) groups excluding carboxylic acids is 1. The molecule has 14 heteroatoms. The third-order valence-electron chi connectivity index (χ3n) is 12.4. The molecule has 0 spiro atoms. The van der Waals surface area contributed by atoms with Crippen LogP contribution in [0, 0.1) is 0 Å². The molecule has 2 heterocycles. The molecule has 0 aliphatic carbocycles. The van der Waals surface area contributed by atoms with Gasteiger partial charge in [-0.05, 0) is 44.9 Å². The van der Waals surface area contributed by atoms with Crippen molar-refractivity contribution in [1.29, 1.82) is 0 Å². The quantitative estimate of drug-likeness (QED) is 0.0250. The van der Waals surface area contributed by atoms with Crippen LogP contribution in [0.5, 0.6) is 0 Å². The second kappa shape index (κ2) is 36.6. The number of amides is 1. The molecular formula is C49H91NO13. The fourth-order valence-corrected chi connectivity index (χ4v) is 8.23. The Morgan fingerprint density at radius 1 is 0.556 bits per heavy atom. The molecule has 2 aliphatic rings. The first kappa shape index (κ1) is 57.6. The summed E-state index contributed by atoms with van der Waals surface area (Å²) in [4.78, 5) is 13.1. The number of hydrogen-bond acceptors (Lipinski definition) is 13. The minimum absolute atomic E-state index is 0.249. The number of ether oxygens (including phenoxy) is 4. The summed E-state index contributed by atoms with van der Waals surface area (Å²) >= 11 is 0. The number of allylic oxidation sites excluding steroid dienone is 3. The monoisotopic (exact) mass is 902 g/mol. The van der Waals surface area contributed by atoms with Crippen molar-refractivity contribution in [3.63, 3.8) is 0 Å². The van der Waals surface area contributed by atoms with Crippen molar-refractivity contribution < 1.29 is 64.6 Å². The fraction of sp³-hybridized carbons (Fsp3) is 0.898. The molecule has 0 aromatic rings. The first-order valence-electron chi connectivity index (χ1n) is 25.1. The van der Waals surface area contributed by atoms with E-state index in [0.717, 1.165) is 57.8 Å². The molecule has 2 fully saturated rings. The van der Waals surface area contributed by atoms with E-state index in [1.807, 2.05) is 6.08 Å². The molecule has 2 rings (SSSR count). The van der Waals surface area contributed by atoms with Gasteiger partial charge in [-0.15, -0.1) is 0 Å². The highest BCUT2D eigenvalue weighted by Crippen LogP contribution is 2.30. The van der Waals surface area contributed by atoms with E-state index in [9.17, 15) is 45.6 Å². The van der Waals surface area contributed by atoms with E-state index >= 15 is 0 Å². The van der Waals surface area contributed by atoms with Crippen LogP contribution < -0.4 is 5.32 Å². The largest absolute Gasteiger partial charge is 0.394 e. The van der Waals surface area contributed by atoms with Crippen LogP contribution in [0.3, 0.4) is 0 Å². The summed E-state index contributed by atoms with van der Waals surface area (Å²) < 4.78 is 22.7. The standard InChI is InChI=1S/C49H91NO13/c1-3-5-7-9-11-13-15-17-18-19-21-23-25-27-29-31-33-41(54)50-37(38(53)32-30-28-26-24-22-20-16-14-12-10-8-6-4-2)36-60-48-46(59)44(57)47(40(35-52)62-48)63-49-45(58)43(56)42(55)39(34-51)61-49/h18-19,30,32,37-40,42-49,51-53,55-59H,3-17,20-29,31,33-36H2,1-2H3,(H,50,54)/b19-18-,32-30+. The third kappa shape index (κ3) is 24.2. The van der Waals surface area contributed by atoms with Crippen molar-refractivity contribution >= 4 is 5.91 Å². The Hall–Kier alpha value is -1.53. The fourth-order valence-electron chi connectivity index (χ4n) is 8.23. The zero-order valence-corrected chi connectivity index (χ0v) is 39.1. The summed E-state index contributed by atoms with van der Waals surface area (Å²) in [6, 6.07) is -0.914. The van der Waals surface area contributed by atoms with E-state index in [2.05, 4.69) is 31.3 Å². The maximum Gasteiger partial charge on any atom is 0.220 e. The molecule has 12 unspecified atom stereocenters. The van der Waals surface area contributed by atoms with Crippen LogP contribution in [0.2, 0.25) is 0 Å². The lowest BCUT2D eigenvalue weighted by Gasteiger charge is -2.46. The number of aliphatic hydroxyl groups is 8. The molecule has 0 radical (unpaired) electrons. The van der Waals surface area contributed by atoms with Gasteiger partial charge in [0.2, 0.25) is 5.91 Å². The van der Waals surface area contributed by atoms with Gasteiger partial charge in [-0.2, -0.15) is 0 Å². The molecule has 0 saturated carbocycles. The van der Waals surface area contributed by atoms with Gasteiger partial charge in [-0.25, -0.2) is 0 Å². The summed E-state index contributed by atoms with van der Waals surface area (Å²) in [6.45, 7) is 2.76. The van der Waals surface area contributed by atoms with Gasteiger partial charge in [0.25, 0.3) is 0 Å². The van der Waals surface area contributed by atoms with Crippen LogP contribution in [0.1, 0.15) is 187 Å². The Morgan fingerprint density at radius 3 is 1.51 bits per heavy atom. The van der Waals surface area contributed by atoms with Crippen molar-refractivity contribution in [2.24, 2.45) is 0 Å². The molecule has 2 aliphatic heterocycles. The number of aliphatic hydroxyl groups excluding tert-OH is 8. The van der Waals surface area contributed by atoms with E-state index in [1.54, 1.807) is 6.08 Å². The average molecular weight is 902 g/mol. The van der Waals surface area contributed by atoms with Gasteiger partial charge in [-0.3, -0.25) is 4.79 Å². The van der Waals surface area contributed by atoms with E-state index in [4.69, 9.17) is 18.9 Å². The number of carbonyl (C=O) groups is 1. The minimum Gasteiger partial charge on any atom is -0.394 e. The van der Waals surface area contributed by atoms with Crippen molar-refractivity contribution in [3.05, 3.63) is 24.3 Å². The SMILES string of the molecule is CCCCCCCCC/C=C\CCCCCCCC(=O)NC(COC1OC(CO)C(OC2OC(CO)C(O)C(O)C2O)C(O)C1O)C(O)/C=C/CCCCCCCCCCCCC. The smallest absolute Gasteiger partial charge is 0.220 e. The Labute approximate surface area is 379 Å².